The molecule has 0 aliphatic carbocycles. The Bertz CT molecular complexity index is 377. The first kappa shape index (κ1) is 13.1. The van der Waals surface area contributed by atoms with Gasteiger partial charge in [-0.3, -0.25) is 0 Å². The molecule has 0 amide bonds. The van der Waals surface area contributed by atoms with Crippen molar-refractivity contribution in [2.24, 2.45) is 0 Å². The zero-order chi connectivity index (χ0) is 12.8. The lowest BCUT2D eigenvalue weighted by Crippen LogP contribution is -2.28. The van der Waals surface area contributed by atoms with Crippen LogP contribution in [0.4, 0.5) is 0 Å². The number of nitrogens with one attached hydrogen (secondary N) is 1. The standard InChI is InChI=1S/C13H19NO4/c1-16-13-7-10(8-14-15)4-5-12(13)18-11-3-2-6-17-9-11/h4-5,7,11,14-15H,2-3,6,8-9H2,1H3. The number of hydrogen-bond donors (Lipinski definition) is 2. The molecular weight excluding hydrogens is 234 g/mol. The van der Waals surface area contributed by atoms with Gasteiger partial charge >= 0.3 is 0 Å². The molecule has 1 aliphatic heterocycles. The van der Waals surface area contributed by atoms with Gasteiger partial charge < -0.3 is 19.4 Å². The summed E-state index contributed by atoms with van der Waals surface area (Å²) < 4.78 is 16.6. The van der Waals surface area contributed by atoms with Gasteiger partial charge in [0, 0.05) is 13.2 Å². The normalized spacial score (nSPS) is 19.6. The van der Waals surface area contributed by atoms with Crippen molar-refractivity contribution in [2.75, 3.05) is 20.3 Å². The Kier molecular flexibility index (Phi) is 4.81. The van der Waals surface area contributed by atoms with E-state index in [9.17, 15) is 0 Å². The molecule has 0 saturated carbocycles. The highest BCUT2D eigenvalue weighted by Crippen LogP contribution is 2.30. The fourth-order valence-electron chi connectivity index (χ4n) is 1.99. The molecule has 2 N–H and O–H groups in total. The molecule has 1 aromatic rings. The molecule has 1 aliphatic rings. The second-order valence-electron chi connectivity index (χ2n) is 4.28. The monoisotopic (exact) mass is 253 g/mol. The van der Waals surface area contributed by atoms with Gasteiger partial charge in [0.1, 0.15) is 6.10 Å². The van der Waals surface area contributed by atoms with E-state index in [2.05, 4.69) is 5.48 Å². The minimum Gasteiger partial charge on any atom is -0.493 e. The Labute approximate surface area is 107 Å². The highest BCUT2D eigenvalue weighted by atomic mass is 16.5. The molecule has 1 aromatic carbocycles. The molecule has 0 spiro atoms. The summed E-state index contributed by atoms with van der Waals surface area (Å²) in [4.78, 5) is 0. The largest absolute Gasteiger partial charge is 0.493 e. The van der Waals surface area contributed by atoms with Gasteiger partial charge in [0.15, 0.2) is 11.5 Å². The first-order valence-electron chi connectivity index (χ1n) is 6.11. The Morgan fingerprint density at radius 3 is 3.00 bits per heavy atom. The third-order valence-corrected chi connectivity index (χ3v) is 2.92. The van der Waals surface area contributed by atoms with Gasteiger partial charge in [0.05, 0.1) is 13.7 Å². The van der Waals surface area contributed by atoms with E-state index in [1.807, 2.05) is 18.2 Å². The molecule has 1 saturated heterocycles. The fraction of sp³-hybridized carbons (Fsp3) is 0.538. The molecule has 0 bridgehead atoms. The van der Waals surface area contributed by atoms with E-state index in [0.29, 0.717) is 18.9 Å². The Morgan fingerprint density at radius 2 is 2.33 bits per heavy atom. The Balaban J connectivity index is 2.06. The second kappa shape index (κ2) is 6.58. The van der Waals surface area contributed by atoms with Gasteiger partial charge in [0.25, 0.3) is 0 Å². The van der Waals surface area contributed by atoms with Crippen molar-refractivity contribution < 1.29 is 19.4 Å². The van der Waals surface area contributed by atoms with E-state index in [1.165, 1.54) is 0 Å². The molecule has 5 heteroatoms. The highest BCUT2D eigenvalue weighted by molar-refractivity contribution is 5.43. The minimum atomic E-state index is 0.0921. The highest BCUT2D eigenvalue weighted by Gasteiger charge is 2.17. The van der Waals surface area contributed by atoms with Crippen LogP contribution in [-0.2, 0) is 11.3 Å². The number of rotatable bonds is 5. The number of hydroxylamine groups is 1. The molecule has 0 radical (unpaired) electrons. The smallest absolute Gasteiger partial charge is 0.161 e. The molecule has 0 aromatic heterocycles. The number of benzene rings is 1. The van der Waals surface area contributed by atoms with Crippen LogP contribution in [0.25, 0.3) is 0 Å². The summed E-state index contributed by atoms with van der Waals surface area (Å²) in [5, 5.41) is 8.68. The lowest BCUT2D eigenvalue weighted by atomic mass is 10.1. The zero-order valence-corrected chi connectivity index (χ0v) is 10.5. The summed E-state index contributed by atoms with van der Waals surface area (Å²) in [5.41, 5.74) is 3.05. The lowest BCUT2D eigenvalue weighted by Gasteiger charge is -2.24. The number of ether oxygens (including phenoxy) is 3. The van der Waals surface area contributed by atoms with E-state index in [-0.39, 0.29) is 6.10 Å². The van der Waals surface area contributed by atoms with E-state index >= 15 is 0 Å². The summed E-state index contributed by atoms with van der Waals surface area (Å²) in [5.74, 6) is 1.39. The van der Waals surface area contributed by atoms with E-state index in [4.69, 9.17) is 19.4 Å². The summed E-state index contributed by atoms with van der Waals surface area (Å²) in [7, 11) is 1.61. The van der Waals surface area contributed by atoms with E-state index in [1.54, 1.807) is 7.11 Å². The third kappa shape index (κ3) is 3.35. The van der Waals surface area contributed by atoms with Crippen molar-refractivity contribution in [3.63, 3.8) is 0 Å². The topological polar surface area (TPSA) is 60.0 Å². The molecule has 100 valence electrons. The van der Waals surface area contributed by atoms with Crippen LogP contribution >= 0.6 is 0 Å². The van der Waals surface area contributed by atoms with Gasteiger partial charge in [-0.05, 0) is 30.5 Å². The molecule has 1 fully saturated rings. The average Bonchev–Trinajstić information content (AvgIpc) is 2.42. The van der Waals surface area contributed by atoms with Crippen molar-refractivity contribution in [1.82, 2.24) is 5.48 Å². The predicted octanol–water partition coefficient (Wildman–Crippen LogP) is 1.73. The maximum absolute atomic E-state index is 8.68. The maximum atomic E-state index is 8.68. The summed E-state index contributed by atoms with van der Waals surface area (Å²) in [6, 6.07) is 5.60. The van der Waals surface area contributed by atoms with Crippen LogP contribution < -0.4 is 15.0 Å². The van der Waals surface area contributed by atoms with E-state index in [0.717, 1.165) is 30.8 Å². The maximum Gasteiger partial charge on any atom is 0.161 e. The number of hydrogen-bond acceptors (Lipinski definition) is 5. The average molecular weight is 253 g/mol. The van der Waals surface area contributed by atoms with Crippen molar-refractivity contribution in [3.05, 3.63) is 23.8 Å². The van der Waals surface area contributed by atoms with Gasteiger partial charge in [-0.25, -0.2) is 5.48 Å². The Morgan fingerprint density at radius 1 is 1.44 bits per heavy atom. The SMILES string of the molecule is COc1cc(CNO)ccc1OC1CCCOC1. The molecule has 1 heterocycles. The summed E-state index contributed by atoms with van der Waals surface area (Å²) in [6.45, 7) is 1.82. The quantitative estimate of drug-likeness (QED) is 0.783. The fourth-order valence-corrected chi connectivity index (χ4v) is 1.99. The first-order valence-corrected chi connectivity index (χ1v) is 6.11. The first-order chi connectivity index (χ1) is 8.83. The van der Waals surface area contributed by atoms with Gasteiger partial charge in [-0.1, -0.05) is 6.07 Å². The van der Waals surface area contributed by atoms with Crippen molar-refractivity contribution in [2.45, 2.75) is 25.5 Å². The van der Waals surface area contributed by atoms with Crippen molar-refractivity contribution >= 4 is 0 Å². The molecular formula is C13H19NO4. The van der Waals surface area contributed by atoms with Crippen LogP contribution in [0.15, 0.2) is 18.2 Å². The van der Waals surface area contributed by atoms with Crippen LogP contribution in [0, 0.1) is 0 Å². The molecule has 2 rings (SSSR count). The summed E-state index contributed by atoms with van der Waals surface area (Å²) in [6.07, 6.45) is 2.12. The predicted molar refractivity (Wildman–Crippen MR) is 66.1 cm³/mol. The van der Waals surface area contributed by atoms with Crippen molar-refractivity contribution in [1.29, 1.82) is 0 Å². The summed E-state index contributed by atoms with van der Waals surface area (Å²) >= 11 is 0. The minimum absolute atomic E-state index is 0.0921. The van der Waals surface area contributed by atoms with Crippen LogP contribution in [0.5, 0.6) is 11.5 Å². The number of methoxy groups -OCH3 is 1. The van der Waals surface area contributed by atoms with Gasteiger partial charge in [0.2, 0.25) is 0 Å². The second-order valence-corrected chi connectivity index (χ2v) is 4.28. The van der Waals surface area contributed by atoms with Crippen LogP contribution in [0.3, 0.4) is 0 Å². The van der Waals surface area contributed by atoms with Gasteiger partial charge in [-0.15, -0.1) is 0 Å². The molecule has 5 nitrogen and oxygen atoms in total. The van der Waals surface area contributed by atoms with E-state index < -0.39 is 0 Å². The molecule has 18 heavy (non-hydrogen) atoms. The zero-order valence-electron chi connectivity index (χ0n) is 10.5. The van der Waals surface area contributed by atoms with Crippen LogP contribution in [-0.4, -0.2) is 31.6 Å². The third-order valence-electron chi connectivity index (χ3n) is 2.92. The van der Waals surface area contributed by atoms with Crippen LogP contribution in [0.1, 0.15) is 18.4 Å². The van der Waals surface area contributed by atoms with Crippen LogP contribution in [0.2, 0.25) is 0 Å². The lowest BCUT2D eigenvalue weighted by molar-refractivity contribution is 0.00643. The Hall–Kier alpha value is -1.30. The molecule has 1 unspecified atom stereocenters. The van der Waals surface area contributed by atoms with Gasteiger partial charge in [-0.2, -0.15) is 0 Å². The molecule has 1 atom stereocenters. The van der Waals surface area contributed by atoms with Crippen molar-refractivity contribution in [3.8, 4) is 11.5 Å².